The summed E-state index contributed by atoms with van der Waals surface area (Å²) in [5, 5.41) is 24.5. The van der Waals surface area contributed by atoms with Gasteiger partial charge in [0.25, 0.3) is 0 Å². The number of aromatic hydroxyl groups is 1. The van der Waals surface area contributed by atoms with E-state index < -0.39 is 6.10 Å². The van der Waals surface area contributed by atoms with Gasteiger partial charge in [0.05, 0.1) is 19.3 Å². The summed E-state index contributed by atoms with van der Waals surface area (Å²) in [6.07, 6.45) is 0.479. The molecule has 4 rings (SSSR count). The molecule has 0 radical (unpaired) electrons. The number of rotatable bonds is 2. The third-order valence-electron chi connectivity index (χ3n) is 5.16. The zero-order valence-corrected chi connectivity index (χ0v) is 15.6. The number of ether oxygens (including phenoxy) is 2. The van der Waals surface area contributed by atoms with Crippen molar-refractivity contribution >= 4 is 37.5 Å². The van der Waals surface area contributed by atoms with E-state index in [9.17, 15) is 10.2 Å². The van der Waals surface area contributed by atoms with Crippen molar-refractivity contribution in [2.75, 3.05) is 14.2 Å². The average molecular weight is 403 g/mol. The van der Waals surface area contributed by atoms with Gasteiger partial charge in [-0.3, -0.25) is 0 Å². The van der Waals surface area contributed by atoms with Gasteiger partial charge in [-0.25, -0.2) is 0 Å². The minimum absolute atomic E-state index is 0.126. The zero-order chi connectivity index (χ0) is 17.7. The first-order chi connectivity index (χ1) is 12.0. The molecule has 0 aliphatic heterocycles. The summed E-state index contributed by atoms with van der Waals surface area (Å²) < 4.78 is 11.9. The lowest BCUT2D eigenvalue weighted by atomic mass is 9.83. The van der Waals surface area contributed by atoms with Gasteiger partial charge in [0.1, 0.15) is 0 Å². The number of aliphatic hydroxyl groups is 1. The molecule has 3 aromatic carbocycles. The molecule has 4 nitrogen and oxygen atoms in total. The maximum Gasteiger partial charge on any atom is 0.168 e. The van der Waals surface area contributed by atoms with Gasteiger partial charge in [0, 0.05) is 29.8 Å². The van der Waals surface area contributed by atoms with Crippen LogP contribution in [0, 0.1) is 0 Å². The fraction of sp³-hybridized carbons (Fsp3) is 0.300. The van der Waals surface area contributed by atoms with E-state index in [4.69, 9.17) is 9.47 Å². The predicted molar refractivity (Wildman–Crippen MR) is 102 cm³/mol. The van der Waals surface area contributed by atoms with Gasteiger partial charge < -0.3 is 19.7 Å². The Bertz CT molecular complexity index is 983. The Morgan fingerprint density at radius 2 is 1.80 bits per heavy atom. The number of phenolic OH excluding ortho intramolecular Hbond substituents is 1. The number of fused-ring (bicyclic) bond motifs is 5. The maximum absolute atomic E-state index is 10.3. The molecule has 2 N–H and O–H groups in total. The van der Waals surface area contributed by atoms with Gasteiger partial charge in [-0.15, -0.1) is 0 Å². The van der Waals surface area contributed by atoms with Crippen molar-refractivity contribution in [2.24, 2.45) is 0 Å². The summed E-state index contributed by atoms with van der Waals surface area (Å²) in [5.41, 5.74) is 2.29. The summed E-state index contributed by atoms with van der Waals surface area (Å²) in [6.45, 7) is 0. The second-order valence-corrected chi connectivity index (χ2v) is 7.30. The molecule has 0 heterocycles. The molecular weight excluding hydrogens is 384 g/mol. The third-order valence-corrected chi connectivity index (χ3v) is 5.87. The molecule has 0 bridgehead atoms. The second-order valence-electron chi connectivity index (χ2n) is 6.44. The molecule has 2 atom stereocenters. The molecule has 0 amide bonds. The quantitative estimate of drug-likeness (QED) is 0.637. The SMILES string of the molecule is COc1c(O)ccc2ccc3c4c(c(Br)cc3c12)CC(O)C(OC)C4. The van der Waals surface area contributed by atoms with Crippen LogP contribution in [0.4, 0.5) is 0 Å². The first kappa shape index (κ1) is 16.6. The van der Waals surface area contributed by atoms with Crippen molar-refractivity contribution in [3.05, 3.63) is 45.9 Å². The lowest BCUT2D eigenvalue weighted by molar-refractivity contribution is -0.0160. The van der Waals surface area contributed by atoms with Gasteiger partial charge in [0.2, 0.25) is 0 Å². The Morgan fingerprint density at radius 1 is 1.04 bits per heavy atom. The van der Waals surface area contributed by atoms with Gasteiger partial charge >= 0.3 is 0 Å². The molecule has 0 saturated heterocycles. The molecule has 25 heavy (non-hydrogen) atoms. The van der Waals surface area contributed by atoms with Gasteiger partial charge in [-0.05, 0) is 39.4 Å². The standard InChI is InChI=1S/C20H19BrO4/c1-24-18-9-12-11-5-3-10-4-6-16(22)20(25-2)19(10)14(11)7-15(21)13(12)8-17(18)23/h3-7,17-18,22-23H,8-9H2,1-2H3. The van der Waals surface area contributed by atoms with Crippen molar-refractivity contribution in [2.45, 2.75) is 25.0 Å². The molecule has 1 aliphatic carbocycles. The first-order valence-electron chi connectivity index (χ1n) is 8.18. The Kier molecular flexibility index (Phi) is 4.10. The van der Waals surface area contributed by atoms with Gasteiger partial charge in [-0.1, -0.05) is 34.1 Å². The largest absolute Gasteiger partial charge is 0.504 e. The molecule has 5 heteroatoms. The summed E-state index contributed by atoms with van der Waals surface area (Å²) in [4.78, 5) is 0. The summed E-state index contributed by atoms with van der Waals surface area (Å²) >= 11 is 3.67. The predicted octanol–water partition coefficient (Wildman–Crippen LogP) is 3.94. The van der Waals surface area contributed by atoms with Crippen molar-refractivity contribution in [1.82, 2.24) is 0 Å². The summed E-state index contributed by atoms with van der Waals surface area (Å²) in [5.74, 6) is 0.607. The highest BCUT2D eigenvalue weighted by Gasteiger charge is 2.30. The van der Waals surface area contributed by atoms with E-state index in [1.807, 2.05) is 12.1 Å². The van der Waals surface area contributed by atoms with E-state index in [0.29, 0.717) is 18.6 Å². The summed E-state index contributed by atoms with van der Waals surface area (Å²) in [7, 11) is 3.20. The summed E-state index contributed by atoms with van der Waals surface area (Å²) in [6, 6.07) is 9.74. The minimum atomic E-state index is -0.509. The van der Waals surface area contributed by atoms with Crippen LogP contribution in [0.25, 0.3) is 21.5 Å². The zero-order valence-electron chi connectivity index (χ0n) is 14.0. The lowest BCUT2D eigenvalue weighted by Crippen LogP contribution is -2.36. The normalized spacial score (nSPS) is 20.0. The molecule has 0 spiro atoms. The molecule has 1 aliphatic rings. The Hall–Kier alpha value is -1.82. The van der Waals surface area contributed by atoms with E-state index in [1.165, 1.54) is 5.56 Å². The van der Waals surface area contributed by atoms with Crippen LogP contribution >= 0.6 is 15.9 Å². The van der Waals surface area contributed by atoms with Crippen LogP contribution in [-0.2, 0) is 17.6 Å². The number of phenols is 1. The van der Waals surface area contributed by atoms with Crippen LogP contribution in [0.3, 0.4) is 0 Å². The van der Waals surface area contributed by atoms with Crippen LogP contribution < -0.4 is 4.74 Å². The number of methoxy groups -OCH3 is 2. The van der Waals surface area contributed by atoms with Crippen LogP contribution in [0.15, 0.2) is 34.8 Å². The molecule has 2 unspecified atom stereocenters. The van der Waals surface area contributed by atoms with E-state index >= 15 is 0 Å². The van der Waals surface area contributed by atoms with Gasteiger partial charge in [-0.2, -0.15) is 0 Å². The number of hydrogen-bond acceptors (Lipinski definition) is 4. The molecule has 0 fully saturated rings. The Balaban J connectivity index is 2.10. The maximum atomic E-state index is 10.3. The van der Waals surface area contributed by atoms with E-state index in [0.717, 1.165) is 31.6 Å². The van der Waals surface area contributed by atoms with Crippen molar-refractivity contribution in [3.8, 4) is 11.5 Å². The van der Waals surface area contributed by atoms with Crippen molar-refractivity contribution in [3.63, 3.8) is 0 Å². The van der Waals surface area contributed by atoms with E-state index in [2.05, 4.69) is 28.1 Å². The molecular formula is C20H19BrO4. The molecule has 3 aromatic rings. The van der Waals surface area contributed by atoms with Gasteiger partial charge in [0.15, 0.2) is 11.5 Å². The van der Waals surface area contributed by atoms with Crippen LogP contribution in [0.2, 0.25) is 0 Å². The Labute approximate surface area is 154 Å². The molecule has 130 valence electrons. The molecule has 0 saturated carbocycles. The van der Waals surface area contributed by atoms with Crippen LogP contribution in [0.5, 0.6) is 11.5 Å². The van der Waals surface area contributed by atoms with Crippen LogP contribution in [-0.4, -0.2) is 36.6 Å². The topological polar surface area (TPSA) is 58.9 Å². The van der Waals surface area contributed by atoms with Crippen molar-refractivity contribution in [1.29, 1.82) is 0 Å². The fourth-order valence-corrected chi connectivity index (χ4v) is 4.54. The highest BCUT2D eigenvalue weighted by molar-refractivity contribution is 9.10. The monoisotopic (exact) mass is 402 g/mol. The highest BCUT2D eigenvalue weighted by atomic mass is 79.9. The smallest absolute Gasteiger partial charge is 0.168 e. The number of hydrogen-bond donors (Lipinski definition) is 2. The van der Waals surface area contributed by atoms with E-state index in [-0.39, 0.29) is 11.9 Å². The minimum Gasteiger partial charge on any atom is -0.504 e. The number of aliphatic hydroxyl groups excluding tert-OH is 1. The highest BCUT2D eigenvalue weighted by Crippen LogP contribution is 2.43. The third kappa shape index (κ3) is 2.49. The first-order valence-corrected chi connectivity index (χ1v) is 8.98. The number of halogens is 1. The number of benzene rings is 3. The van der Waals surface area contributed by atoms with Crippen LogP contribution in [0.1, 0.15) is 11.1 Å². The second kappa shape index (κ2) is 6.16. The average Bonchev–Trinajstić information content (AvgIpc) is 2.61. The van der Waals surface area contributed by atoms with E-state index in [1.54, 1.807) is 20.3 Å². The fourth-order valence-electron chi connectivity index (χ4n) is 3.91. The lowest BCUT2D eigenvalue weighted by Gasteiger charge is -2.30. The van der Waals surface area contributed by atoms with Crippen molar-refractivity contribution < 1.29 is 19.7 Å². The molecule has 0 aromatic heterocycles. The Morgan fingerprint density at radius 3 is 2.52 bits per heavy atom.